The number of ether oxygens (including phenoxy) is 2. The molecule has 0 aromatic heterocycles. The van der Waals surface area contributed by atoms with Gasteiger partial charge in [0.1, 0.15) is 12.4 Å². The van der Waals surface area contributed by atoms with Crippen LogP contribution in [0, 0.1) is 0 Å². The molecule has 1 saturated heterocycles. The molecule has 0 radical (unpaired) electrons. The monoisotopic (exact) mass is 293 g/mol. The lowest BCUT2D eigenvalue weighted by Gasteiger charge is -2.34. The van der Waals surface area contributed by atoms with Crippen molar-refractivity contribution in [3.05, 3.63) is 29.8 Å². The topological polar surface area (TPSA) is 59.0 Å². The molecule has 0 saturated carbocycles. The maximum Gasteiger partial charge on any atom is 0.307 e. The van der Waals surface area contributed by atoms with Gasteiger partial charge in [-0.15, -0.1) is 0 Å². The highest BCUT2D eigenvalue weighted by Gasteiger charge is 2.20. The van der Waals surface area contributed by atoms with E-state index < -0.39 is 5.97 Å². The quantitative estimate of drug-likeness (QED) is 0.831. The summed E-state index contributed by atoms with van der Waals surface area (Å²) in [6.45, 7) is 6.25. The van der Waals surface area contributed by atoms with Gasteiger partial charge in [0.05, 0.1) is 19.6 Å². The van der Waals surface area contributed by atoms with E-state index in [9.17, 15) is 4.79 Å². The zero-order valence-corrected chi connectivity index (χ0v) is 12.5. The molecule has 5 nitrogen and oxygen atoms in total. The van der Waals surface area contributed by atoms with Crippen LogP contribution in [0.5, 0.6) is 5.75 Å². The van der Waals surface area contributed by atoms with Crippen LogP contribution in [0.1, 0.15) is 18.9 Å². The first-order chi connectivity index (χ1) is 10.2. The second kappa shape index (κ2) is 8.00. The van der Waals surface area contributed by atoms with Crippen molar-refractivity contribution in [3.63, 3.8) is 0 Å². The van der Waals surface area contributed by atoms with Gasteiger partial charge in [0.25, 0.3) is 0 Å². The molecule has 1 aliphatic heterocycles. The number of aliphatic carboxylic acids is 1. The summed E-state index contributed by atoms with van der Waals surface area (Å²) in [5.74, 6) is -0.0351. The van der Waals surface area contributed by atoms with E-state index in [-0.39, 0.29) is 6.42 Å². The van der Waals surface area contributed by atoms with E-state index in [1.54, 1.807) is 12.1 Å². The summed E-state index contributed by atoms with van der Waals surface area (Å²) in [5, 5.41) is 8.72. The summed E-state index contributed by atoms with van der Waals surface area (Å²) in [6, 6.07) is 7.74. The van der Waals surface area contributed by atoms with Crippen molar-refractivity contribution in [2.45, 2.75) is 25.8 Å². The van der Waals surface area contributed by atoms with Crippen LogP contribution in [0.3, 0.4) is 0 Å². The predicted octanol–water partition coefficient (Wildman–Crippen LogP) is 1.80. The molecule has 1 aromatic rings. The predicted molar refractivity (Wildman–Crippen MR) is 79.7 cm³/mol. The van der Waals surface area contributed by atoms with Gasteiger partial charge >= 0.3 is 5.97 Å². The van der Waals surface area contributed by atoms with Crippen LogP contribution in [-0.2, 0) is 16.0 Å². The third kappa shape index (κ3) is 5.02. The number of carbonyl (C=O) groups is 1. The standard InChI is InChI=1S/C16H23NO4/c1-2-14-12-20-9-7-17(14)8-10-21-15-5-3-13(4-6-15)11-16(18)19/h3-6,14H,2,7-12H2,1H3,(H,18,19). The number of benzene rings is 1. The first kappa shape index (κ1) is 15.8. The molecule has 0 bridgehead atoms. The molecule has 21 heavy (non-hydrogen) atoms. The summed E-state index contributed by atoms with van der Waals surface area (Å²) in [5.41, 5.74) is 0.786. The van der Waals surface area contributed by atoms with Crippen LogP contribution < -0.4 is 4.74 Å². The Balaban J connectivity index is 1.76. The van der Waals surface area contributed by atoms with Gasteiger partial charge in [0.2, 0.25) is 0 Å². The molecule has 1 unspecified atom stereocenters. The summed E-state index contributed by atoms with van der Waals surface area (Å²) >= 11 is 0. The van der Waals surface area contributed by atoms with Crippen molar-refractivity contribution in [2.75, 3.05) is 32.9 Å². The Kier molecular flexibility index (Phi) is 6.02. The fraction of sp³-hybridized carbons (Fsp3) is 0.562. The lowest BCUT2D eigenvalue weighted by molar-refractivity contribution is -0.136. The van der Waals surface area contributed by atoms with Crippen LogP contribution in [0.25, 0.3) is 0 Å². The SMILES string of the molecule is CCC1COCCN1CCOc1ccc(CC(=O)O)cc1. The van der Waals surface area contributed by atoms with Crippen LogP contribution in [0.15, 0.2) is 24.3 Å². The van der Waals surface area contributed by atoms with Gasteiger partial charge in [-0.2, -0.15) is 0 Å². The Bertz CT molecular complexity index is 446. The highest BCUT2D eigenvalue weighted by Crippen LogP contribution is 2.14. The third-order valence-corrected chi connectivity index (χ3v) is 3.75. The Morgan fingerprint density at radius 2 is 2.19 bits per heavy atom. The molecular formula is C16H23NO4. The van der Waals surface area contributed by atoms with E-state index in [1.807, 2.05) is 12.1 Å². The van der Waals surface area contributed by atoms with E-state index >= 15 is 0 Å². The smallest absolute Gasteiger partial charge is 0.307 e. The molecule has 2 rings (SSSR count). The molecule has 1 aliphatic rings. The van der Waals surface area contributed by atoms with Crippen molar-refractivity contribution in [1.82, 2.24) is 4.90 Å². The Labute approximate surface area is 125 Å². The summed E-state index contributed by atoms with van der Waals surface area (Å²) in [6.07, 6.45) is 1.14. The number of nitrogens with zero attached hydrogens (tertiary/aromatic N) is 1. The first-order valence-electron chi connectivity index (χ1n) is 7.44. The van der Waals surface area contributed by atoms with Crippen molar-refractivity contribution >= 4 is 5.97 Å². The largest absolute Gasteiger partial charge is 0.492 e. The summed E-state index contributed by atoms with van der Waals surface area (Å²) in [4.78, 5) is 13.0. The van der Waals surface area contributed by atoms with Crippen molar-refractivity contribution in [3.8, 4) is 5.75 Å². The van der Waals surface area contributed by atoms with Crippen molar-refractivity contribution < 1.29 is 19.4 Å². The molecule has 5 heteroatoms. The van der Waals surface area contributed by atoms with Crippen molar-refractivity contribution in [2.24, 2.45) is 0 Å². The van der Waals surface area contributed by atoms with E-state index in [1.165, 1.54) is 0 Å². The third-order valence-electron chi connectivity index (χ3n) is 3.75. The average molecular weight is 293 g/mol. The van der Waals surface area contributed by atoms with Gasteiger partial charge in [-0.1, -0.05) is 19.1 Å². The number of rotatable bonds is 7. The van der Waals surface area contributed by atoms with Gasteiger partial charge in [-0.25, -0.2) is 0 Å². The van der Waals surface area contributed by atoms with Gasteiger partial charge in [0.15, 0.2) is 0 Å². The number of hydrogen-bond acceptors (Lipinski definition) is 4. The molecule has 1 atom stereocenters. The van der Waals surface area contributed by atoms with E-state index in [0.717, 1.165) is 44.0 Å². The zero-order valence-electron chi connectivity index (χ0n) is 12.5. The first-order valence-corrected chi connectivity index (χ1v) is 7.44. The fourth-order valence-corrected chi connectivity index (χ4v) is 2.52. The summed E-state index contributed by atoms with van der Waals surface area (Å²) < 4.78 is 11.2. The number of morpholine rings is 1. The Hall–Kier alpha value is -1.59. The minimum atomic E-state index is -0.818. The molecule has 0 aliphatic carbocycles. The van der Waals surface area contributed by atoms with Gasteiger partial charge in [0, 0.05) is 19.1 Å². The maximum absolute atomic E-state index is 10.6. The minimum absolute atomic E-state index is 0.0479. The highest BCUT2D eigenvalue weighted by atomic mass is 16.5. The lowest BCUT2D eigenvalue weighted by atomic mass is 10.1. The molecular weight excluding hydrogens is 270 g/mol. The van der Waals surface area contributed by atoms with Gasteiger partial charge in [-0.05, 0) is 24.1 Å². The molecule has 1 aromatic carbocycles. The van der Waals surface area contributed by atoms with E-state index in [0.29, 0.717) is 12.6 Å². The number of hydrogen-bond donors (Lipinski definition) is 1. The Morgan fingerprint density at radius 3 is 2.86 bits per heavy atom. The second-order valence-corrected chi connectivity index (χ2v) is 5.24. The maximum atomic E-state index is 10.6. The van der Waals surface area contributed by atoms with Crippen LogP contribution in [-0.4, -0.2) is 54.9 Å². The highest BCUT2D eigenvalue weighted by molar-refractivity contribution is 5.70. The zero-order chi connectivity index (χ0) is 15.1. The van der Waals surface area contributed by atoms with E-state index in [2.05, 4.69) is 11.8 Å². The van der Waals surface area contributed by atoms with Gasteiger partial charge < -0.3 is 14.6 Å². The minimum Gasteiger partial charge on any atom is -0.492 e. The number of carboxylic acid groups (broad SMARTS) is 1. The molecule has 0 spiro atoms. The van der Waals surface area contributed by atoms with Crippen LogP contribution >= 0.6 is 0 Å². The number of carboxylic acids is 1. The molecule has 1 N–H and O–H groups in total. The summed E-state index contributed by atoms with van der Waals surface area (Å²) in [7, 11) is 0. The van der Waals surface area contributed by atoms with E-state index in [4.69, 9.17) is 14.6 Å². The van der Waals surface area contributed by atoms with Gasteiger partial charge in [-0.3, -0.25) is 9.69 Å². The van der Waals surface area contributed by atoms with Crippen LogP contribution in [0.4, 0.5) is 0 Å². The Morgan fingerprint density at radius 1 is 1.43 bits per heavy atom. The lowest BCUT2D eigenvalue weighted by Crippen LogP contribution is -2.46. The van der Waals surface area contributed by atoms with Crippen LogP contribution in [0.2, 0.25) is 0 Å². The normalized spacial score (nSPS) is 19.4. The van der Waals surface area contributed by atoms with Crippen molar-refractivity contribution in [1.29, 1.82) is 0 Å². The average Bonchev–Trinajstić information content (AvgIpc) is 2.49. The molecule has 116 valence electrons. The fourth-order valence-electron chi connectivity index (χ4n) is 2.52. The molecule has 1 fully saturated rings. The molecule has 1 heterocycles. The second-order valence-electron chi connectivity index (χ2n) is 5.24. The molecule has 0 amide bonds.